The molecule has 2 nitrogen and oxygen atoms in total. The standard InChI is InChI=1S/C8H19NO/c1-4-9-5-8(6-10)7(2)3/h7-10H,4-6H2,1-3H3. The highest BCUT2D eigenvalue weighted by Crippen LogP contribution is 2.07. The average molecular weight is 145 g/mol. The summed E-state index contributed by atoms with van der Waals surface area (Å²) in [5.41, 5.74) is 0. The van der Waals surface area contributed by atoms with Gasteiger partial charge in [-0.2, -0.15) is 0 Å². The second-order valence-corrected chi connectivity index (χ2v) is 2.99. The first-order valence-corrected chi connectivity index (χ1v) is 4.03. The molecule has 2 N–H and O–H groups in total. The Balaban J connectivity index is 3.40. The summed E-state index contributed by atoms with van der Waals surface area (Å²) in [4.78, 5) is 0. The monoisotopic (exact) mass is 145 g/mol. The minimum Gasteiger partial charge on any atom is -0.396 e. The Bertz CT molecular complexity index is 73.7. The van der Waals surface area contributed by atoms with Gasteiger partial charge in [0.15, 0.2) is 0 Å². The number of hydrogen-bond donors (Lipinski definition) is 2. The summed E-state index contributed by atoms with van der Waals surface area (Å²) in [5, 5.41) is 12.1. The Morgan fingerprint density at radius 1 is 1.40 bits per heavy atom. The maximum atomic E-state index is 8.88. The molecule has 1 unspecified atom stereocenters. The van der Waals surface area contributed by atoms with Crippen molar-refractivity contribution < 1.29 is 5.11 Å². The zero-order valence-corrected chi connectivity index (χ0v) is 7.22. The van der Waals surface area contributed by atoms with Gasteiger partial charge in [-0.05, 0) is 18.4 Å². The molecule has 10 heavy (non-hydrogen) atoms. The van der Waals surface area contributed by atoms with Crippen LogP contribution in [-0.2, 0) is 0 Å². The first-order valence-electron chi connectivity index (χ1n) is 4.03. The molecule has 0 aromatic rings. The second-order valence-electron chi connectivity index (χ2n) is 2.99. The van der Waals surface area contributed by atoms with Crippen LogP contribution in [0, 0.1) is 11.8 Å². The predicted octanol–water partition coefficient (Wildman–Crippen LogP) is 0.860. The highest BCUT2D eigenvalue weighted by Gasteiger charge is 2.09. The third-order valence-corrected chi connectivity index (χ3v) is 1.83. The topological polar surface area (TPSA) is 32.3 Å². The van der Waals surface area contributed by atoms with Crippen molar-refractivity contribution >= 4 is 0 Å². The lowest BCUT2D eigenvalue weighted by atomic mass is 9.97. The van der Waals surface area contributed by atoms with E-state index in [0.29, 0.717) is 18.4 Å². The Morgan fingerprint density at radius 3 is 2.30 bits per heavy atom. The van der Waals surface area contributed by atoms with Crippen LogP contribution in [0.5, 0.6) is 0 Å². The van der Waals surface area contributed by atoms with Gasteiger partial charge in [0.2, 0.25) is 0 Å². The van der Waals surface area contributed by atoms with E-state index in [1.807, 2.05) is 0 Å². The lowest BCUT2D eigenvalue weighted by molar-refractivity contribution is 0.187. The summed E-state index contributed by atoms with van der Waals surface area (Å²) in [7, 11) is 0. The van der Waals surface area contributed by atoms with Gasteiger partial charge in [0.1, 0.15) is 0 Å². The maximum Gasteiger partial charge on any atom is 0.0473 e. The fourth-order valence-electron chi connectivity index (χ4n) is 0.841. The lowest BCUT2D eigenvalue weighted by Crippen LogP contribution is -2.28. The molecule has 2 heteroatoms. The zero-order chi connectivity index (χ0) is 7.98. The molecule has 0 amide bonds. The molecule has 0 saturated heterocycles. The highest BCUT2D eigenvalue weighted by molar-refractivity contribution is 4.63. The van der Waals surface area contributed by atoms with E-state index < -0.39 is 0 Å². The van der Waals surface area contributed by atoms with Crippen molar-refractivity contribution in [2.75, 3.05) is 19.7 Å². The Labute approximate surface area is 63.6 Å². The molecule has 0 heterocycles. The van der Waals surface area contributed by atoms with Gasteiger partial charge in [0, 0.05) is 13.2 Å². The highest BCUT2D eigenvalue weighted by atomic mass is 16.3. The average Bonchev–Trinajstić information content (AvgIpc) is 1.89. The second kappa shape index (κ2) is 5.69. The first kappa shape index (κ1) is 9.92. The molecule has 0 spiro atoms. The van der Waals surface area contributed by atoms with Crippen molar-refractivity contribution in [3.8, 4) is 0 Å². The molecular formula is C8H19NO. The van der Waals surface area contributed by atoms with Gasteiger partial charge in [-0.1, -0.05) is 20.8 Å². The number of aliphatic hydroxyl groups excluding tert-OH is 1. The maximum absolute atomic E-state index is 8.88. The minimum atomic E-state index is 0.296. The van der Waals surface area contributed by atoms with Crippen molar-refractivity contribution in [3.05, 3.63) is 0 Å². The Kier molecular flexibility index (Phi) is 5.64. The predicted molar refractivity (Wildman–Crippen MR) is 44.0 cm³/mol. The number of aliphatic hydroxyl groups is 1. The van der Waals surface area contributed by atoms with Crippen molar-refractivity contribution in [1.29, 1.82) is 0 Å². The van der Waals surface area contributed by atoms with Gasteiger partial charge in [0.05, 0.1) is 0 Å². The minimum absolute atomic E-state index is 0.296. The van der Waals surface area contributed by atoms with Crippen LogP contribution >= 0.6 is 0 Å². The summed E-state index contributed by atoms with van der Waals surface area (Å²) < 4.78 is 0. The molecule has 1 atom stereocenters. The molecule has 0 bridgehead atoms. The summed E-state index contributed by atoms with van der Waals surface area (Å²) in [6, 6.07) is 0. The third kappa shape index (κ3) is 3.85. The van der Waals surface area contributed by atoms with Gasteiger partial charge >= 0.3 is 0 Å². The fraction of sp³-hybridized carbons (Fsp3) is 1.00. The van der Waals surface area contributed by atoms with Gasteiger partial charge in [-0.15, -0.1) is 0 Å². The van der Waals surface area contributed by atoms with Gasteiger partial charge in [-0.3, -0.25) is 0 Å². The first-order chi connectivity index (χ1) is 4.72. The zero-order valence-electron chi connectivity index (χ0n) is 7.22. The van der Waals surface area contributed by atoms with Crippen LogP contribution in [0.15, 0.2) is 0 Å². The van der Waals surface area contributed by atoms with Crippen molar-refractivity contribution in [2.45, 2.75) is 20.8 Å². The fourth-order valence-corrected chi connectivity index (χ4v) is 0.841. The van der Waals surface area contributed by atoms with Crippen molar-refractivity contribution in [3.63, 3.8) is 0 Å². The van der Waals surface area contributed by atoms with E-state index in [1.165, 1.54) is 0 Å². The molecule has 0 radical (unpaired) electrons. The van der Waals surface area contributed by atoms with E-state index in [0.717, 1.165) is 13.1 Å². The van der Waals surface area contributed by atoms with Crippen molar-refractivity contribution in [1.82, 2.24) is 5.32 Å². The molecule has 0 aliphatic carbocycles. The molecule has 62 valence electrons. The molecule has 0 aliphatic heterocycles. The van der Waals surface area contributed by atoms with E-state index in [9.17, 15) is 0 Å². The van der Waals surface area contributed by atoms with Crippen LogP contribution in [0.2, 0.25) is 0 Å². The van der Waals surface area contributed by atoms with Gasteiger partial charge in [-0.25, -0.2) is 0 Å². The molecule has 0 rings (SSSR count). The molecular weight excluding hydrogens is 126 g/mol. The van der Waals surface area contributed by atoms with Gasteiger partial charge < -0.3 is 10.4 Å². The smallest absolute Gasteiger partial charge is 0.0473 e. The van der Waals surface area contributed by atoms with Crippen LogP contribution in [0.3, 0.4) is 0 Å². The van der Waals surface area contributed by atoms with Crippen LogP contribution < -0.4 is 5.32 Å². The van der Waals surface area contributed by atoms with Crippen LogP contribution in [0.1, 0.15) is 20.8 Å². The summed E-state index contributed by atoms with van der Waals surface area (Å²) >= 11 is 0. The van der Waals surface area contributed by atoms with E-state index in [-0.39, 0.29) is 0 Å². The van der Waals surface area contributed by atoms with E-state index in [1.54, 1.807) is 0 Å². The number of rotatable bonds is 5. The number of nitrogens with one attached hydrogen (secondary N) is 1. The Morgan fingerprint density at radius 2 is 2.00 bits per heavy atom. The molecule has 0 fully saturated rings. The van der Waals surface area contributed by atoms with Crippen LogP contribution in [0.4, 0.5) is 0 Å². The third-order valence-electron chi connectivity index (χ3n) is 1.83. The summed E-state index contributed by atoms with van der Waals surface area (Å²) in [6.45, 7) is 8.57. The van der Waals surface area contributed by atoms with E-state index in [4.69, 9.17) is 5.11 Å². The van der Waals surface area contributed by atoms with Crippen LogP contribution in [-0.4, -0.2) is 24.8 Å². The van der Waals surface area contributed by atoms with E-state index >= 15 is 0 Å². The lowest BCUT2D eigenvalue weighted by Gasteiger charge is -2.17. The molecule has 0 aromatic carbocycles. The van der Waals surface area contributed by atoms with E-state index in [2.05, 4.69) is 26.1 Å². The normalized spacial score (nSPS) is 14.1. The number of hydrogen-bond acceptors (Lipinski definition) is 2. The molecule has 0 aliphatic rings. The largest absolute Gasteiger partial charge is 0.396 e. The SMILES string of the molecule is CCNCC(CO)C(C)C. The molecule has 0 aromatic heterocycles. The summed E-state index contributed by atoms with van der Waals surface area (Å²) in [5.74, 6) is 0.990. The quantitative estimate of drug-likeness (QED) is 0.601. The van der Waals surface area contributed by atoms with Crippen molar-refractivity contribution in [2.24, 2.45) is 11.8 Å². The molecule has 0 saturated carbocycles. The summed E-state index contributed by atoms with van der Waals surface area (Å²) in [6.07, 6.45) is 0. The van der Waals surface area contributed by atoms with Crippen LogP contribution in [0.25, 0.3) is 0 Å². The van der Waals surface area contributed by atoms with Gasteiger partial charge in [0.25, 0.3) is 0 Å². The Hall–Kier alpha value is -0.0800.